The molecule has 0 radical (unpaired) electrons. The van der Waals surface area contributed by atoms with Crippen molar-refractivity contribution in [3.63, 3.8) is 0 Å². The van der Waals surface area contributed by atoms with Gasteiger partial charge < -0.3 is 11.1 Å². The highest BCUT2D eigenvalue weighted by molar-refractivity contribution is 9.10. The van der Waals surface area contributed by atoms with E-state index in [-0.39, 0.29) is 5.11 Å². The monoisotopic (exact) mass is 282 g/mol. The maximum absolute atomic E-state index is 5.39. The normalized spacial score (nSPS) is 10.2. The number of nitrogens with two attached hydrogens (primary N) is 1. The number of rotatable bonds is 1. The maximum atomic E-state index is 5.39. The quantitative estimate of drug-likeness (QED) is 0.784. The molecule has 0 fully saturated rings. The Morgan fingerprint density at radius 1 is 1.33 bits per heavy atom. The summed E-state index contributed by atoms with van der Waals surface area (Å²) in [5.41, 5.74) is 7.78. The fourth-order valence-electron chi connectivity index (χ4n) is 1.25. The van der Waals surface area contributed by atoms with E-state index in [0.29, 0.717) is 0 Å². The van der Waals surface area contributed by atoms with E-state index < -0.39 is 0 Å². The van der Waals surface area contributed by atoms with Crippen molar-refractivity contribution in [2.24, 2.45) is 5.73 Å². The molecule has 0 atom stereocenters. The molecule has 1 heterocycles. The first kappa shape index (κ1) is 10.3. The molecule has 0 amide bonds. The van der Waals surface area contributed by atoms with Gasteiger partial charge in [-0.3, -0.25) is 9.97 Å². The molecular formula is C9H7BrN4S. The van der Waals surface area contributed by atoms with Crippen LogP contribution in [0.15, 0.2) is 29.0 Å². The highest BCUT2D eigenvalue weighted by Gasteiger charge is 2.03. The molecule has 0 aliphatic rings. The second kappa shape index (κ2) is 4.08. The minimum atomic E-state index is 0.227. The van der Waals surface area contributed by atoms with Gasteiger partial charge in [0.25, 0.3) is 0 Å². The lowest BCUT2D eigenvalue weighted by molar-refractivity contribution is 1.29. The van der Waals surface area contributed by atoms with Gasteiger partial charge in [0.1, 0.15) is 5.52 Å². The van der Waals surface area contributed by atoms with Gasteiger partial charge in [-0.1, -0.05) is 0 Å². The Kier molecular flexibility index (Phi) is 2.79. The van der Waals surface area contributed by atoms with Crippen LogP contribution in [-0.4, -0.2) is 15.1 Å². The minimum absolute atomic E-state index is 0.227. The van der Waals surface area contributed by atoms with E-state index in [1.165, 1.54) is 0 Å². The number of fused-ring (bicyclic) bond motifs is 1. The Morgan fingerprint density at radius 3 is 2.80 bits per heavy atom. The Bertz CT molecular complexity index is 529. The summed E-state index contributed by atoms with van der Waals surface area (Å²) in [4.78, 5) is 8.39. The Labute approximate surface area is 100 Å². The molecule has 0 spiro atoms. The zero-order valence-electron chi connectivity index (χ0n) is 7.57. The Morgan fingerprint density at radius 2 is 2.07 bits per heavy atom. The van der Waals surface area contributed by atoms with Gasteiger partial charge in [0.2, 0.25) is 0 Å². The highest BCUT2D eigenvalue weighted by Crippen LogP contribution is 2.24. The molecule has 0 saturated heterocycles. The molecule has 15 heavy (non-hydrogen) atoms. The third kappa shape index (κ3) is 2.21. The third-order valence-corrected chi connectivity index (χ3v) is 2.50. The number of benzene rings is 1. The van der Waals surface area contributed by atoms with E-state index in [9.17, 15) is 0 Å². The predicted octanol–water partition coefficient (Wildman–Crippen LogP) is 2.05. The first-order valence-electron chi connectivity index (χ1n) is 4.13. The summed E-state index contributed by atoms with van der Waals surface area (Å²) in [6.45, 7) is 0. The molecule has 4 nitrogen and oxygen atoms in total. The smallest absolute Gasteiger partial charge is 0.168 e. The summed E-state index contributed by atoms with van der Waals surface area (Å²) in [6, 6.07) is 3.70. The number of aromatic nitrogens is 2. The fourth-order valence-corrected chi connectivity index (χ4v) is 1.92. The molecule has 1 aromatic heterocycles. The standard InChI is InChI=1S/C9H7BrN4S/c10-6-3-5(14-9(11)15)4-7-8(6)13-2-1-12-7/h1-4H,(H3,11,14,15). The van der Waals surface area contributed by atoms with E-state index in [1.54, 1.807) is 12.4 Å². The average molecular weight is 283 g/mol. The zero-order valence-corrected chi connectivity index (χ0v) is 9.97. The minimum Gasteiger partial charge on any atom is -0.376 e. The highest BCUT2D eigenvalue weighted by atomic mass is 79.9. The zero-order chi connectivity index (χ0) is 10.8. The van der Waals surface area contributed by atoms with E-state index in [1.807, 2.05) is 12.1 Å². The summed E-state index contributed by atoms with van der Waals surface area (Å²) in [5.74, 6) is 0. The van der Waals surface area contributed by atoms with Crippen LogP contribution in [-0.2, 0) is 0 Å². The number of halogens is 1. The Balaban J connectivity index is 2.57. The molecule has 0 aliphatic heterocycles. The second-order valence-corrected chi connectivity index (χ2v) is 4.17. The molecule has 6 heteroatoms. The lowest BCUT2D eigenvalue weighted by Crippen LogP contribution is -2.18. The van der Waals surface area contributed by atoms with Crippen LogP contribution in [0.25, 0.3) is 11.0 Å². The molecular weight excluding hydrogens is 276 g/mol. The molecule has 1 aromatic carbocycles. The number of hydrogen-bond acceptors (Lipinski definition) is 3. The number of nitrogens with one attached hydrogen (secondary N) is 1. The third-order valence-electron chi connectivity index (χ3n) is 1.79. The lowest BCUT2D eigenvalue weighted by Gasteiger charge is -2.06. The van der Waals surface area contributed by atoms with Crippen molar-refractivity contribution in [2.75, 3.05) is 5.32 Å². The van der Waals surface area contributed by atoms with Gasteiger partial charge in [-0.15, -0.1) is 0 Å². The number of anilines is 1. The van der Waals surface area contributed by atoms with Gasteiger partial charge in [-0.2, -0.15) is 0 Å². The molecule has 3 N–H and O–H groups in total. The molecule has 2 rings (SSSR count). The predicted molar refractivity (Wildman–Crippen MR) is 67.6 cm³/mol. The van der Waals surface area contributed by atoms with Crippen LogP contribution >= 0.6 is 28.1 Å². The van der Waals surface area contributed by atoms with Crippen LogP contribution in [0.3, 0.4) is 0 Å². The number of nitrogens with zero attached hydrogens (tertiary/aromatic N) is 2. The van der Waals surface area contributed by atoms with Crippen molar-refractivity contribution in [3.05, 3.63) is 29.0 Å². The molecule has 0 bridgehead atoms. The van der Waals surface area contributed by atoms with Crippen molar-refractivity contribution in [1.82, 2.24) is 9.97 Å². The maximum Gasteiger partial charge on any atom is 0.168 e. The SMILES string of the molecule is NC(=S)Nc1cc(Br)c2nccnc2c1. The molecule has 0 unspecified atom stereocenters. The van der Waals surface area contributed by atoms with Crippen LogP contribution in [0.2, 0.25) is 0 Å². The van der Waals surface area contributed by atoms with Crippen molar-refractivity contribution in [2.45, 2.75) is 0 Å². The van der Waals surface area contributed by atoms with E-state index in [0.717, 1.165) is 21.2 Å². The molecule has 0 saturated carbocycles. The Hall–Kier alpha value is -1.27. The van der Waals surface area contributed by atoms with Gasteiger partial charge in [0.05, 0.1) is 5.52 Å². The summed E-state index contributed by atoms with van der Waals surface area (Å²) in [7, 11) is 0. The first-order valence-corrected chi connectivity index (χ1v) is 5.33. The van der Waals surface area contributed by atoms with Crippen LogP contribution in [0.1, 0.15) is 0 Å². The topological polar surface area (TPSA) is 63.8 Å². The van der Waals surface area contributed by atoms with Crippen LogP contribution in [0.4, 0.5) is 5.69 Å². The van der Waals surface area contributed by atoms with Gasteiger partial charge in [-0.25, -0.2) is 0 Å². The second-order valence-electron chi connectivity index (χ2n) is 2.87. The average Bonchev–Trinajstić information content (AvgIpc) is 2.16. The summed E-state index contributed by atoms with van der Waals surface area (Å²) in [5, 5.41) is 3.08. The summed E-state index contributed by atoms with van der Waals surface area (Å²) >= 11 is 8.17. The van der Waals surface area contributed by atoms with Crippen molar-refractivity contribution >= 4 is 50.0 Å². The summed E-state index contributed by atoms with van der Waals surface area (Å²) < 4.78 is 0.854. The van der Waals surface area contributed by atoms with Gasteiger partial charge in [0.15, 0.2) is 5.11 Å². The van der Waals surface area contributed by atoms with E-state index >= 15 is 0 Å². The first-order chi connectivity index (χ1) is 7.16. The molecule has 0 aliphatic carbocycles. The van der Waals surface area contributed by atoms with Gasteiger partial charge in [0, 0.05) is 22.6 Å². The van der Waals surface area contributed by atoms with Crippen LogP contribution in [0, 0.1) is 0 Å². The van der Waals surface area contributed by atoms with Crippen LogP contribution in [0.5, 0.6) is 0 Å². The number of thiocarbonyl (C=S) groups is 1. The number of hydrogen-bond donors (Lipinski definition) is 2. The molecule has 2 aromatic rings. The van der Waals surface area contributed by atoms with Crippen molar-refractivity contribution in [1.29, 1.82) is 0 Å². The van der Waals surface area contributed by atoms with Gasteiger partial charge >= 0.3 is 0 Å². The molecule has 76 valence electrons. The fraction of sp³-hybridized carbons (Fsp3) is 0. The van der Waals surface area contributed by atoms with E-state index in [4.69, 9.17) is 18.0 Å². The van der Waals surface area contributed by atoms with E-state index in [2.05, 4.69) is 31.2 Å². The summed E-state index contributed by atoms with van der Waals surface area (Å²) in [6.07, 6.45) is 3.28. The van der Waals surface area contributed by atoms with Gasteiger partial charge in [-0.05, 0) is 40.3 Å². The largest absolute Gasteiger partial charge is 0.376 e. The van der Waals surface area contributed by atoms with Crippen molar-refractivity contribution < 1.29 is 0 Å². The van der Waals surface area contributed by atoms with Crippen molar-refractivity contribution in [3.8, 4) is 0 Å². The lowest BCUT2D eigenvalue weighted by atomic mass is 10.2. The van der Waals surface area contributed by atoms with Crippen LogP contribution < -0.4 is 11.1 Å².